The predicted molar refractivity (Wildman–Crippen MR) is 35.6 cm³/mol. The summed E-state index contributed by atoms with van der Waals surface area (Å²) >= 11 is 0. The van der Waals surface area contributed by atoms with E-state index in [4.69, 9.17) is 4.74 Å². The van der Waals surface area contributed by atoms with E-state index < -0.39 is 0 Å². The van der Waals surface area contributed by atoms with Gasteiger partial charge >= 0.3 is 0 Å². The number of ether oxygens (including phenoxy) is 1. The summed E-state index contributed by atoms with van der Waals surface area (Å²) in [5.74, 6) is 0. The zero-order chi connectivity index (χ0) is 6.24. The van der Waals surface area contributed by atoms with Crippen LogP contribution in [0.3, 0.4) is 0 Å². The van der Waals surface area contributed by atoms with Crippen molar-refractivity contribution >= 4 is 0 Å². The van der Waals surface area contributed by atoms with E-state index in [9.17, 15) is 0 Å². The van der Waals surface area contributed by atoms with Crippen LogP contribution in [0.25, 0.3) is 0 Å². The van der Waals surface area contributed by atoms with E-state index in [1.54, 1.807) is 0 Å². The second-order valence-electron chi connectivity index (χ2n) is 1.42. The van der Waals surface area contributed by atoms with Crippen LogP contribution in [0, 0.1) is 6.92 Å². The van der Waals surface area contributed by atoms with Crippen LogP contribution in [0.15, 0.2) is 12.2 Å². The maximum absolute atomic E-state index is 5.02. The Morgan fingerprint density at radius 2 is 2.25 bits per heavy atom. The number of rotatable bonds is 4. The second-order valence-corrected chi connectivity index (χ2v) is 1.42. The topological polar surface area (TPSA) is 9.23 Å². The van der Waals surface area contributed by atoms with Crippen LogP contribution in [-0.4, -0.2) is 13.2 Å². The first kappa shape index (κ1) is 7.70. The van der Waals surface area contributed by atoms with Gasteiger partial charge in [0.1, 0.15) is 0 Å². The lowest BCUT2D eigenvalue weighted by Gasteiger charge is -1.90. The van der Waals surface area contributed by atoms with Gasteiger partial charge in [0.15, 0.2) is 0 Å². The smallest absolute Gasteiger partial charge is 0.0647 e. The Kier molecular flexibility index (Phi) is 6.45. The lowest BCUT2D eigenvalue weighted by molar-refractivity contribution is 0.177. The molecule has 0 aliphatic carbocycles. The minimum absolute atomic E-state index is 0.728. The highest BCUT2D eigenvalue weighted by Gasteiger charge is 1.72. The summed E-state index contributed by atoms with van der Waals surface area (Å²) in [6, 6.07) is 0. The Morgan fingerprint density at radius 1 is 1.50 bits per heavy atom. The molecule has 0 rings (SSSR count). The third-order valence-corrected chi connectivity index (χ3v) is 0.752. The lowest BCUT2D eigenvalue weighted by Crippen LogP contribution is -1.87. The second kappa shape index (κ2) is 6.70. The number of hydrogen-bond acceptors (Lipinski definition) is 1. The molecular weight excluding hydrogens is 100 g/mol. The minimum Gasteiger partial charge on any atom is -0.378 e. The summed E-state index contributed by atoms with van der Waals surface area (Å²) < 4.78 is 5.02. The molecule has 47 valence electrons. The van der Waals surface area contributed by atoms with E-state index in [0.29, 0.717) is 0 Å². The average molecular weight is 113 g/mol. The van der Waals surface area contributed by atoms with E-state index >= 15 is 0 Å². The van der Waals surface area contributed by atoms with Gasteiger partial charge in [0.05, 0.1) is 6.61 Å². The summed E-state index contributed by atoms with van der Waals surface area (Å²) in [7, 11) is 0. The minimum atomic E-state index is 0.728. The Bertz CT molecular complexity index is 57.4. The molecule has 0 N–H and O–H groups in total. The third kappa shape index (κ3) is 5.70. The first-order chi connectivity index (χ1) is 3.91. The summed E-state index contributed by atoms with van der Waals surface area (Å²) in [4.78, 5) is 0. The molecule has 0 saturated heterocycles. The van der Waals surface area contributed by atoms with Crippen molar-refractivity contribution in [2.24, 2.45) is 0 Å². The quantitative estimate of drug-likeness (QED) is 0.399. The highest BCUT2D eigenvalue weighted by Crippen LogP contribution is 1.79. The molecule has 0 aromatic heterocycles. The normalized spacial score (nSPS) is 10.8. The molecule has 0 aliphatic rings. The Labute approximate surface area is 51.4 Å². The van der Waals surface area contributed by atoms with Crippen molar-refractivity contribution in [2.45, 2.75) is 13.3 Å². The van der Waals surface area contributed by atoms with Gasteiger partial charge < -0.3 is 4.74 Å². The van der Waals surface area contributed by atoms with Crippen molar-refractivity contribution in [2.75, 3.05) is 13.2 Å². The van der Waals surface area contributed by atoms with Crippen molar-refractivity contribution in [1.29, 1.82) is 0 Å². The molecule has 0 fully saturated rings. The molecule has 0 saturated carbocycles. The molecular formula is C7H13O. The molecule has 0 heterocycles. The highest BCUT2D eigenvalue weighted by molar-refractivity contribution is 4.81. The summed E-state index contributed by atoms with van der Waals surface area (Å²) in [6.07, 6.45) is 4.83. The van der Waals surface area contributed by atoms with Crippen LogP contribution in [0.4, 0.5) is 0 Å². The Balaban J connectivity index is 2.80. The van der Waals surface area contributed by atoms with Crippen molar-refractivity contribution in [1.82, 2.24) is 0 Å². The molecule has 0 aromatic carbocycles. The first-order valence-electron chi connectivity index (χ1n) is 2.93. The largest absolute Gasteiger partial charge is 0.378 e. The van der Waals surface area contributed by atoms with Crippen LogP contribution in [-0.2, 0) is 4.74 Å². The number of allylic oxidation sites excluding steroid dienone is 1. The molecule has 0 amide bonds. The zero-order valence-corrected chi connectivity index (χ0v) is 5.39. The Hall–Kier alpha value is -0.300. The molecule has 1 nitrogen and oxygen atoms in total. The fraction of sp³-hybridized carbons (Fsp3) is 0.571. The van der Waals surface area contributed by atoms with Gasteiger partial charge in [-0.3, -0.25) is 0 Å². The average Bonchev–Trinajstić information content (AvgIpc) is 1.81. The summed E-state index contributed by atoms with van der Waals surface area (Å²) in [5, 5.41) is 0. The molecule has 1 heteroatoms. The Morgan fingerprint density at radius 3 is 2.75 bits per heavy atom. The maximum Gasteiger partial charge on any atom is 0.0647 e. The zero-order valence-electron chi connectivity index (χ0n) is 5.39. The molecule has 0 aliphatic heterocycles. The molecule has 8 heavy (non-hydrogen) atoms. The van der Waals surface area contributed by atoms with E-state index in [1.165, 1.54) is 0 Å². The molecule has 0 bridgehead atoms. The van der Waals surface area contributed by atoms with E-state index in [0.717, 1.165) is 19.6 Å². The summed E-state index contributed by atoms with van der Waals surface area (Å²) in [6.45, 7) is 7.15. The molecule has 0 unspecified atom stereocenters. The fourth-order valence-electron chi connectivity index (χ4n) is 0.372. The van der Waals surface area contributed by atoms with Crippen LogP contribution in [0.5, 0.6) is 0 Å². The first-order valence-corrected chi connectivity index (χ1v) is 2.93. The van der Waals surface area contributed by atoms with Gasteiger partial charge in [0.2, 0.25) is 0 Å². The van der Waals surface area contributed by atoms with Crippen LogP contribution >= 0.6 is 0 Å². The van der Waals surface area contributed by atoms with Crippen LogP contribution in [0.2, 0.25) is 0 Å². The van der Waals surface area contributed by atoms with Gasteiger partial charge in [0, 0.05) is 6.61 Å². The molecule has 0 aromatic rings. The van der Waals surface area contributed by atoms with Gasteiger partial charge in [-0.1, -0.05) is 12.2 Å². The predicted octanol–water partition coefficient (Wildman–Crippen LogP) is 1.80. The van der Waals surface area contributed by atoms with Crippen molar-refractivity contribution in [3.05, 3.63) is 19.1 Å². The molecule has 0 atom stereocenters. The van der Waals surface area contributed by atoms with E-state index in [2.05, 4.69) is 6.92 Å². The van der Waals surface area contributed by atoms with E-state index in [1.807, 2.05) is 19.1 Å². The van der Waals surface area contributed by atoms with Crippen LogP contribution in [0.1, 0.15) is 13.3 Å². The van der Waals surface area contributed by atoms with Crippen LogP contribution < -0.4 is 0 Å². The maximum atomic E-state index is 5.02. The standard InChI is InChI=1S/C7H13O/c1-3-5-6-7-8-4-2/h5-6H,1,3-4,7H2,2H3. The van der Waals surface area contributed by atoms with Gasteiger partial charge in [-0.25, -0.2) is 0 Å². The van der Waals surface area contributed by atoms with Crippen molar-refractivity contribution in [3.63, 3.8) is 0 Å². The fourth-order valence-corrected chi connectivity index (χ4v) is 0.372. The van der Waals surface area contributed by atoms with Gasteiger partial charge in [-0.15, -0.1) is 0 Å². The van der Waals surface area contributed by atoms with Gasteiger partial charge in [0.25, 0.3) is 0 Å². The number of hydrogen-bond donors (Lipinski definition) is 0. The monoisotopic (exact) mass is 113 g/mol. The van der Waals surface area contributed by atoms with Gasteiger partial charge in [-0.05, 0) is 20.3 Å². The SMILES string of the molecule is [CH2]CC=CCOCC. The molecule has 1 radical (unpaired) electrons. The van der Waals surface area contributed by atoms with Crippen molar-refractivity contribution in [3.8, 4) is 0 Å². The van der Waals surface area contributed by atoms with Crippen molar-refractivity contribution < 1.29 is 4.74 Å². The third-order valence-electron chi connectivity index (χ3n) is 0.752. The van der Waals surface area contributed by atoms with E-state index in [-0.39, 0.29) is 0 Å². The van der Waals surface area contributed by atoms with Gasteiger partial charge in [-0.2, -0.15) is 0 Å². The summed E-state index contributed by atoms with van der Waals surface area (Å²) in [5.41, 5.74) is 0. The highest BCUT2D eigenvalue weighted by atomic mass is 16.5. The lowest BCUT2D eigenvalue weighted by atomic mass is 10.4. The molecule has 0 spiro atoms.